The summed E-state index contributed by atoms with van der Waals surface area (Å²) < 4.78 is 27.9. The van der Waals surface area contributed by atoms with Crippen LogP contribution >= 0.6 is 0 Å². The number of carboxylic acids is 1. The number of hydrogen-bond donors (Lipinski definition) is 2. The maximum Gasteiger partial charge on any atom is 0.341 e. The smallest absolute Gasteiger partial charge is 0.341 e. The first-order valence-corrected chi connectivity index (χ1v) is 10.1. The topological polar surface area (TPSA) is 110 Å². The Kier molecular flexibility index (Phi) is 6.22. The average molecular weight is 391 g/mol. The van der Waals surface area contributed by atoms with Gasteiger partial charge in [0.05, 0.1) is 5.75 Å². The van der Waals surface area contributed by atoms with Gasteiger partial charge in [-0.25, -0.2) is 13.2 Å². The summed E-state index contributed by atoms with van der Waals surface area (Å²) in [6.45, 7) is 3.02. The molecule has 8 heteroatoms. The van der Waals surface area contributed by atoms with Crippen LogP contribution in [0.4, 0.5) is 5.69 Å². The largest absolute Gasteiger partial charge is 0.481 e. The van der Waals surface area contributed by atoms with Crippen molar-refractivity contribution in [3.8, 4) is 5.75 Å². The standard InChI is InChI=1S/C19H21NO6S/c1-12-8-15(9-13(2)18(12)26-10-17(21)22)19(23)20-16-6-4-14(5-7-16)11-27(3,24)25/h4-9H,10-11H2,1-3H3,(H,20,23)(H,21,22). The molecule has 0 unspecified atom stereocenters. The van der Waals surface area contributed by atoms with E-state index in [2.05, 4.69) is 5.32 Å². The number of aliphatic carboxylic acids is 1. The quantitative estimate of drug-likeness (QED) is 0.751. The molecular formula is C19H21NO6S. The van der Waals surface area contributed by atoms with Crippen molar-refractivity contribution in [2.45, 2.75) is 19.6 Å². The first kappa shape index (κ1) is 20.4. The van der Waals surface area contributed by atoms with Gasteiger partial charge in [-0.05, 0) is 54.8 Å². The number of anilines is 1. The number of nitrogens with one attached hydrogen (secondary N) is 1. The third-order valence-electron chi connectivity index (χ3n) is 3.70. The van der Waals surface area contributed by atoms with Gasteiger partial charge in [-0.3, -0.25) is 4.79 Å². The van der Waals surface area contributed by atoms with Crippen LogP contribution in [0.25, 0.3) is 0 Å². The van der Waals surface area contributed by atoms with Gasteiger partial charge in [-0.1, -0.05) is 12.1 Å². The number of benzene rings is 2. The van der Waals surface area contributed by atoms with Crippen molar-refractivity contribution in [3.05, 3.63) is 58.7 Å². The number of carbonyl (C=O) groups is 2. The van der Waals surface area contributed by atoms with Crippen molar-refractivity contribution in [2.75, 3.05) is 18.2 Å². The molecule has 0 radical (unpaired) electrons. The van der Waals surface area contributed by atoms with E-state index < -0.39 is 22.4 Å². The maximum atomic E-state index is 12.5. The van der Waals surface area contributed by atoms with Crippen molar-refractivity contribution in [1.29, 1.82) is 0 Å². The van der Waals surface area contributed by atoms with E-state index in [1.54, 1.807) is 50.2 Å². The first-order valence-electron chi connectivity index (χ1n) is 8.09. The second-order valence-corrected chi connectivity index (χ2v) is 8.48. The van der Waals surface area contributed by atoms with Crippen molar-refractivity contribution in [1.82, 2.24) is 0 Å². The number of sulfone groups is 1. The van der Waals surface area contributed by atoms with Crippen LogP contribution in [0.15, 0.2) is 36.4 Å². The molecule has 2 aromatic carbocycles. The molecule has 144 valence electrons. The van der Waals surface area contributed by atoms with Crippen LogP contribution < -0.4 is 10.1 Å². The minimum absolute atomic E-state index is 0.0581. The molecule has 2 aromatic rings. The molecule has 0 aliphatic rings. The molecule has 0 aromatic heterocycles. The summed E-state index contributed by atoms with van der Waals surface area (Å²) in [5.41, 5.74) is 2.91. The number of ether oxygens (including phenoxy) is 1. The Bertz CT molecular complexity index is 941. The highest BCUT2D eigenvalue weighted by Crippen LogP contribution is 2.25. The number of hydrogen-bond acceptors (Lipinski definition) is 5. The lowest BCUT2D eigenvalue weighted by Gasteiger charge is -2.13. The Balaban J connectivity index is 2.12. The molecular weight excluding hydrogens is 370 g/mol. The summed E-state index contributed by atoms with van der Waals surface area (Å²) in [5, 5.41) is 11.5. The maximum absolute atomic E-state index is 12.5. The predicted octanol–water partition coefficient (Wildman–Crippen LogP) is 2.56. The van der Waals surface area contributed by atoms with Gasteiger partial charge in [0.15, 0.2) is 16.4 Å². The van der Waals surface area contributed by atoms with Gasteiger partial charge in [-0.15, -0.1) is 0 Å². The Morgan fingerprint density at radius 3 is 2.11 bits per heavy atom. The highest BCUT2D eigenvalue weighted by atomic mass is 32.2. The first-order chi connectivity index (χ1) is 12.5. The minimum atomic E-state index is -3.12. The molecule has 0 bridgehead atoms. The Hall–Kier alpha value is -2.87. The fourth-order valence-corrected chi connectivity index (χ4v) is 3.43. The minimum Gasteiger partial charge on any atom is -0.481 e. The third kappa shape index (κ3) is 6.10. The molecule has 0 saturated carbocycles. The van der Waals surface area contributed by atoms with Crippen LogP contribution in [0.3, 0.4) is 0 Å². The number of amides is 1. The van der Waals surface area contributed by atoms with Gasteiger partial charge in [0.2, 0.25) is 0 Å². The molecule has 1 amide bonds. The fraction of sp³-hybridized carbons (Fsp3) is 0.263. The van der Waals surface area contributed by atoms with Crippen molar-refractivity contribution >= 4 is 27.4 Å². The molecule has 0 aliphatic heterocycles. The predicted molar refractivity (Wildman–Crippen MR) is 102 cm³/mol. The van der Waals surface area contributed by atoms with Gasteiger partial charge in [-0.2, -0.15) is 0 Å². The molecule has 0 fully saturated rings. The third-order valence-corrected chi connectivity index (χ3v) is 4.56. The lowest BCUT2D eigenvalue weighted by Crippen LogP contribution is -2.14. The second-order valence-electron chi connectivity index (χ2n) is 6.34. The Morgan fingerprint density at radius 2 is 1.63 bits per heavy atom. The zero-order valence-corrected chi connectivity index (χ0v) is 16.1. The van der Waals surface area contributed by atoms with Gasteiger partial charge in [0, 0.05) is 17.5 Å². The van der Waals surface area contributed by atoms with E-state index in [-0.39, 0.29) is 11.7 Å². The normalized spacial score (nSPS) is 11.1. The van der Waals surface area contributed by atoms with E-state index in [4.69, 9.17) is 9.84 Å². The average Bonchev–Trinajstić information content (AvgIpc) is 2.54. The highest BCUT2D eigenvalue weighted by Gasteiger charge is 2.13. The van der Waals surface area contributed by atoms with E-state index in [9.17, 15) is 18.0 Å². The van der Waals surface area contributed by atoms with Crippen molar-refractivity contribution in [3.63, 3.8) is 0 Å². The molecule has 0 heterocycles. The lowest BCUT2D eigenvalue weighted by molar-refractivity contribution is -0.139. The summed E-state index contributed by atoms with van der Waals surface area (Å²) in [4.78, 5) is 23.1. The molecule has 2 N–H and O–H groups in total. The van der Waals surface area contributed by atoms with Gasteiger partial charge in [0.25, 0.3) is 5.91 Å². The van der Waals surface area contributed by atoms with E-state index in [0.29, 0.717) is 33.7 Å². The molecule has 0 saturated heterocycles. The summed E-state index contributed by atoms with van der Waals surface area (Å²) >= 11 is 0. The van der Waals surface area contributed by atoms with Crippen molar-refractivity contribution < 1.29 is 27.9 Å². The van der Waals surface area contributed by atoms with Crippen LogP contribution in [-0.2, 0) is 20.4 Å². The van der Waals surface area contributed by atoms with Gasteiger partial charge >= 0.3 is 5.97 Å². The van der Waals surface area contributed by atoms with E-state index >= 15 is 0 Å². The second kappa shape index (κ2) is 8.22. The zero-order chi connectivity index (χ0) is 20.2. The molecule has 0 spiro atoms. The summed E-state index contributed by atoms with van der Waals surface area (Å²) in [5.74, 6) is -1.02. The number of rotatable bonds is 7. The van der Waals surface area contributed by atoms with Crippen LogP contribution in [0, 0.1) is 13.8 Å². The molecule has 0 atom stereocenters. The fourth-order valence-electron chi connectivity index (χ4n) is 2.63. The van der Waals surface area contributed by atoms with Crippen LogP contribution in [0.5, 0.6) is 5.75 Å². The summed E-state index contributed by atoms with van der Waals surface area (Å²) in [6, 6.07) is 9.83. The number of carbonyl (C=O) groups excluding carboxylic acids is 1. The van der Waals surface area contributed by atoms with Gasteiger partial charge in [0.1, 0.15) is 5.75 Å². The number of aryl methyl sites for hydroxylation is 2. The monoisotopic (exact) mass is 391 g/mol. The van der Waals surface area contributed by atoms with Crippen molar-refractivity contribution in [2.24, 2.45) is 0 Å². The van der Waals surface area contributed by atoms with E-state index in [1.807, 2.05) is 0 Å². The molecule has 2 rings (SSSR count). The highest BCUT2D eigenvalue weighted by molar-refractivity contribution is 7.89. The van der Waals surface area contributed by atoms with E-state index in [0.717, 1.165) is 6.26 Å². The molecule has 0 aliphatic carbocycles. The summed E-state index contributed by atoms with van der Waals surface area (Å²) in [7, 11) is -3.12. The lowest BCUT2D eigenvalue weighted by atomic mass is 10.0. The van der Waals surface area contributed by atoms with Gasteiger partial charge < -0.3 is 15.2 Å². The number of carboxylic acid groups (broad SMARTS) is 1. The van der Waals surface area contributed by atoms with Crippen LogP contribution in [0.1, 0.15) is 27.0 Å². The molecule has 27 heavy (non-hydrogen) atoms. The molecule has 7 nitrogen and oxygen atoms in total. The van der Waals surface area contributed by atoms with Crippen LogP contribution in [0.2, 0.25) is 0 Å². The Morgan fingerprint density at radius 1 is 1.07 bits per heavy atom. The summed E-state index contributed by atoms with van der Waals surface area (Å²) in [6.07, 6.45) is 1.16. The van der Waals surface area contributed by atoms with E-state index in [1.165, 1.54) is 0 Å². The SMILES string of the molecule is Cc1cc(C(=O)Nc2ccc(CS(C)(=O)=O)cc2)cc(C)c1OCC(=O)O. The zero-order valence-electron chi connectivity index (χ0n) is 15.3. The van der Waals surface area contributed by atoms with Crippen LogP contribution in [-0.4, -0.2) is 38.3 Å². The Labute approximate surface area is 157 Å².